The third-order valence-corrected chi connectivity index (χ3v) is 4.39. The van der Waals surface area contributed by atoms with Crippen LogP contribution in [0, 0.1) is 0 Å². The fourth-order valence-electron chi connectivity index (χ4n) is 2.75. The van der Waals surface area contributed by atoms with Gasteiger partial charge >= 0.3 is 0 Å². The molecule has 0 aromatic heterocycles. The Morgan fingerprint density at radius 3 is 2.52 bits per heavy atom. The lowest BCUT2D eigenvalue weighted by Gasteiger charge is -2.28. The van der Waals surface area contributed by atoms with Crippen LogP contribution in [0.5, 0.6) is 11.5 Å². The predicted octanol–water partition coefficient (Wildman–Crippen LogP) is 3.14. The van der Waals surface area contributed by atoms with Crippen molar-refractivity contribution in [2.75, 3.05) is 26.3 Å². The molecule has 3 rings (SSSR count). The minimum Gasteiger partial charge on any atom is -0.490 e. The third-order valence-electron chi connectivity index (χ3n) is 3.95. The van der Waals surface area contributed by atoms with E-state index in [9.17, 15) is 4.79 Å². The summed E-state index contributed by atoms with van der Waals surface area (Å²) < 4.78 is 11.3. The summed E-state index contributed by atoms with van der Waals surface area (Å²) in [6.07, 6.45) is 4.19. The molecule has 0 aliphatic carbocycles. The van der Waals surface area contributed by atoms with Crippen molar-refractivity contribution < 1.29 is 14.3 Å². The number of rotatable bonds is 2. The molecule has 1 aromatic carbocycles. The number of halogens is 1. The second-order valence-corrected chi connectivity index (χ2v) is 5.94. The van der Waals surface area contributed by atoms with Crippen molar-refractivity contribution >= 4 is 17.5 Å². The second kappa shape index (κ2) is 6.56. The number of carbonyl (C=O) groups is 1. The molecule has 0 N–H and O–H groups in total. The number of ether oxygens (including phenoxy) is 2. The number of alkyl halides is 1. The summed E-state index contributed by atoms with van der Waals surface area (Å²) in [6, 6.07) is 5.53. The Bertz CT molecular complexity index is 514. The van der Waals surface area contributed by atoms with E-state index in [4.69, 9.17) is 21.1 Å². The number of hydrogen-bond acceptors (Lipinski definition) is 3. The molecule has 1 unspecified atom stereocenters. The number of nitrogens with zero attached hydrogens (tertiary/aromatic N) is 1. The van der Waals surface area contributed by atoms with Gasteiger partial charge in [-0.25, -0.2) is 0 Å². The molecule has 1 amide bonds. The van der Waals surface area contributed by atoms with Crippen molar-refractivity contribution in [2.45, 2.75) is 31.1 Å². The first-order chi connectivity index (χ1) is 10.3. The Balaban J connectivity index is 1.76. The SMILES string of the molecule is O=C(C(Cl)c1ccc2c(c1)OCCCO2)N1CCCCC1. The van der Waals surface area contributed by atoms with E-state index in [0.29, 0.717) is 19.0 Å². The number of carbonyl (C=O) groups excluding carboxylic acids is 1. The molecule has 2 heterocycles. The van der Waals surface area contributed by atoms with Crippen LogP contribution in [-0.4, -0.2) is 37.1 Å². The lowest BCUT2D eigenvalue weighted by Crippen LogP contribution is -2.37. The van der Waals surface area contributed by atoms with Crippen molar-refractivity contribution in [2.24, 2.45) is 0 Å². The lowest BCUT2D eigenvalue weighted by atomic mass is 10.1. The fourth-order valence-corrected chi connectivity index (χ4v) is 3.03. The van der Waals surface area contributed by atoms with Gasteiger partial charge in [0.15, 0.2) is 11.5 Å². The number of piperidine rings is 1. The minimum absolute atomic E-state index is 0.00847. The van der Waals surface area contributed by atoms with Crippen LogP contribution < -0.4 is 9.47 Å². The molecule has 2 aliphatic rings. The molecule has 0 bridgehead atoms. The zero-order chi connectivity index (χ0) is 14.7. The molecular formula is C16H20ClNO3. The van der Waals surface area contributed by atoms with Crippen molar-refractivity contribution in [1.82, 2.24) is 4.90 Å². The summed E-state index contributed by atoms with van der Waals surface area (Å²) in [5.74, 6) is 1.40. The summed E-state index contributed by atoms with van der Waals surface area (Å²) >= 11 is 6.39. The average molecular weight is 310 g/mol. The van der Waals surface area contributed by atoms with Gasteiger partial charge in [0.2, 0.25) is 5.91 Å². The molecule has 21 heavy (non-hydrogen) atoms. The van der Waals surface area contributed by atoms with Crippen molar-refractivity contribution in [3.05, 3.63) is 23.8 Å². The molecule has 2 aliphatic heterocycles. The molecule has 0 saturated carbocycles. The van der Waals surface area contributed by atoms with E-state index in [1.807, 2.05) is 23.1 Å². The summed E-state index contributed by atoms with van der Waals surface area (Å²) in [7, 11) is 0. The number of likely N-dealkylation sites (tertiary alicyclic amines) is 1. The molecule has 0 spiro atoms. The van der Waals surface area contributed by atoms with Gasteiger partial charge in [-0.3, -0.25) is 4.79 Å². The summed E-state index contributed by atoms with van der Waals surface area (Å²) in [5.41, 5.74) is 0.775. The smallest absolute Gasteiger partial charge is 0.245 e. The van der Waals surface area contributed by atoms with Crippen LogP contribution in [0.25, 0.3) is 0 Å². The first-order valence-corrected chi connectivity index (χ1v) is 8.02. The van der Waals surface area contributed by atoms with Gasteiger partial charge in [0, 0.05) is 19.5 Å². The van der Waals surface area contributed by atoms with E-state index in [2.05, 4.69) is 0 Å². The van der Waals surface area contributed by atoms with Gasteiger partial charge < -0.3 is 14.4 Å². The third kappa shape index (κ3) is 3.26. The van der Waals surface area contributed by atoms with E-state index in [0.717, 1.165) is 43.7 Å². The van der Waals surface area contributed by atoms with Crippen LogP contribution in [0.2, 0.25) is 0 Å². The van der Waals surface area contributed by atoms with Crippen LogP contribution in [0.15, 0.2) is 18.2 Å². The van der Waals surface area contributed by atoms with Gasteiger partial charge in [0.1, 0.15) is 5.38 Å². The normalized spacial score (nSPS) is 19.8. The van der Waals surface area contributed by atoms with Crippen molar-refractivity contribution in [3.63, 3.8) is 0 Å². The van der Waals surface area contributed by atoms with Crippen LogP contribution in [-0.2, 0) is 4.79 Å². The maximum absolute atomic E-state index is 12.5. The van der Waals surface area contributed by atoms with Crippen molar-refractivity contribution in [3.8, 4) is 11.5 Å². The molecule has 1 fully saturated rings. The molecule has 1 atom stereocenters. The Labute approximate surface area is 130 Å². The first-order valence-electron chi connectivity index (χ1n) is 7.58. The summed E-state index contributed by atoms with van der Waals surface area (Å²) in [4.78, 5) is 14.3. The maximum Gasteiger partial charge on any atom is 0.245 e. The Kier molecular flexibility index (Phi) is 4.54. The average Bonchev–Trinajstić information content (AvgIpc) is 2.79. The van der Waals surface area contributed by atoms with Crippen LogP contribution in [0.1, 0.15) is 36.6 Å². The highest BCUT2D eigenvalue weighted by atomic mass is 35.5. The monoisotopic (exact) mass is 309 g/mol. The lowest BCUT2D eigenvalue weighted by molar-refractivity contribution is -0.131. The second-order valence-electron chi connectivity index (χ2n) is 5.51. The topological polar surface area (TPSA) is 38.8 Å². The van der Waals surface area contributed by atoms with Crippen LogP contribution >= 0.6 is 11.6 Å². The molecule has 1 saturated heterocycles. The number of amides is 1. The quantitative estimate of drug-likeness (QED) is 0.788. The van der Waals surface area contributed by atoms with Gasteiger partial charge in [-0.05, 0) is 37.0 Å². The van der Waals surface area contributed by atoms with Gasteiger partial charge in [0.05, 0.1) is 13.2 Å². The van der Waals surface area contributed by atoms with E-state index in [1.165, 1.54) is 6.42 Å². The van der Waals surface area contributed by atoms with E-state index < -0.39 is 5.38 Å². The van der Waals surface area contributed by atoms with Gasteiger partial charge in [-0.1, -0.05) is 6.07 Å². The predicted molar refractivity (Wildman–Crippen MR) is 81.1 cm³/mol. The Hall–Kier alpha value is -1.42. The van der Waals surface area contributed by atoms with Crippen molar-refractivity contribution in [1.29, 1.82) is 0 Å². The summed E-state index contributed by atoms with van der Waals surface area (Å²) in [6.45, 7) is 2.91. The van der Waals surface area contributed by atoms with Gasteiger partial charge in [-0.2, -0.15) is 0 Å². The van der Waals surface area contributed by atoms with Gasteiger partial charge in [-0.15, -0.1) is 11.6 Å². The number of hydrogen-bond donors (Lipinski definition) is 0. The van der Waals surface area contributed by atoms with E-state index in [1.54, 1.807) is 0 Å². The van der Waals surface area contributed by atoms with Crippen LogP contribution in [0.3, 0.4) is 0 Å². The number of benzene rings is 1. The minimum atomic E-state index is -0.653. The highest BCUT2D eigenvalue weighted by Crippen LogP contribution is 2.34. The number of fused-ring (bicyclic) bond motifs is 1. The zero-order valence-electron chi connectivity index (χ0n) is 12.0. The molecule has 1 aromatic rings. The van der Waals surface area contributed by atoms with Crippen LogP contribution in [0.4, 0.5) is 0 Å². The molecular weight excluding hydrogens is 290 g/mol. The van der Waals surface area contributed by atoms with E-state index >= 15 is 0 Å². The largest absolute Gasteiger partial charge is 0.490 e. The Morgan fingerprint density at radius 1 is 1.05 bits per heavy atom. The molecule has 114 valence electrons. The zero-order valence-corrected chi connectivity index (χ0v) is 12.8. The highest BCUT2D eigenvalue weighted by molar-refractivity contribution is 6.30. The highest BCUT2D eigenvalue weighted by Gasteiger charge is 2.26. The molecule has 0 radical (unpaired) electrons. The van der Waals surface area contributed by atoms with Gasteiger partial charge in [0.25, 0.3) is 0 Å². The Morgan fingerprint density at radius 2 is 1.76 bits per heavy atom. The first kappa shape index (κ1) is 14.5. The summed E-state index contributed by atoms with van der Waals surface area (Å²) in [5, 5.41) is -0.653. The fraction of sp³-hybridized carbons (Fsp3) is 0.562. The standard InChI is InChI=1S/C16H20ClNO3/c17-15(16(19)18-7-2-1-3-8-18)12-5-6-13-14(11-12)21-10-4-9-20-13/h5-6,11,15H,1-4,7-10H2. The van der Waals surface area contributed by atoms with E-state index in [-0.39, 0.29) is 5.91 Å². The molecule has 4 nitrogen and oxygen atoms in total. The molecule has 5 heteroatoms. The maximum atomic E-state index is 12.5.